The third-order valence-corrected chi connectivity index (χ3v) is 3.68. The molecule has 104 valence electrons. The Balaban J connectivity index is 2.17. The summed E-state index contributed by atoms with van der Waals surface area (Å²) in [6.45, 7) is 9.89. The highest BCUT2D eigenvalue weighted by atomic mass is 32.1. The highest BCUT2D eigenvalue weighted by molar-refractivity contribution is 7.11. The molecule has 0 amide bonds. The fourth-order valence-corrected chi connectivity index (χ4v) is 2.40. The van der Waals surface area contributed by atoms with Crippen molar-refractivity contribution in [3.63, 3.8) is 0 Å². The fraction of sp³-hybridized carbons (Fsp3) is 0.714. The summed E-state index contributed by atoms with van der Waals surface area (Å²) in [4.78, 5) is 2.72. The molecule has 3 nitrogen and oxygen atoms in total. The molecule has 0 bridgehead atoms. The Labute approximate surface area is 114 Å². The van der Waals surface area contributed by atoms with Crippen LogP contribution < -0.4 is 5.32 Å². The lowest BCUT2D eigenvalue weighted by Crippen LogP contribution is -2.33. The Bertz CT molecular complexity index is 344. The van der Waals surface area contributed by atoms with Crippen LogP contribution in [0.4, 0.5) is 0 Å². The maximum atomic E-state index is 9.76. The van der Waals surface area contributed by atoms with Crippen molar-refractivity contribution in [3.8, 4) is 0 Å². The molecule has 18 heavy (non-hydrogen) atoms. The second-order valence-corrected chi connectivity index (χ2v) is 6.68. The number of nitrogens with one attached hydrogen (secondary N) is 1. The number of thiophene rings is 1. The predicted octanol–water partition coefficient (Wildman–Crippen LogP) is 2.58. The van der Waals surface area contributed by atoms with Crippen molar-refractivity contribution in [1.29, 1.82) is 0 Å². The van der Waals surface area contributed by atoms with Gasteiger partial charge in [-0.15, -0.1) is 11.3 Å². The van der Waals surface area contributed by atoms with Crippen molar-refractivity contribution in [2.45, 2.75) is 52.4 Å². The highest BCUT2D eigenvalue weighted by Crippen LogP contribution is 2.16. The molecule has 0 fully saturated rings. The summed E-state index contributed by atoms with van der Waals surface area (Å²) in [5.74, 6) is 0. The molecule has 1 aromatic heterocycles. The van der Waals surface area contributed by atoms with E-state index in [0.717, 1.165) is 13.0 Å². The van der Waals surface area contributed by atoms with Gasteiger partial charge in [0, 0.05) is 22.8 Å². The van der Waals surface area contributed by atoms with Crippen LogP contribution in [0.5, 0.6) is 0 Å². The zero-order chi connectivity index (χ0) is 13.6. The first-order chi connectivity index (χ1) is 8.40. The lowest BCUT2D eigenvalue weighted by Gasteiger charge is -2.22. The summed E-state index contributed by atoms with van der Waals surface area (Å²) in [7, 11) is 0. The van der Waals surface area contributed by atoms with Gasteiger partial charge in [0.1, 0.15) is 0 Å². The number of aliphatic hydroxyl groups is 1. The largest absolute Gasteiger partial charge is 0.389 e. The van der Waals surface area contributed by atoms with Gasteiger partial charge in [-0.05, 0) is 39.3 Å². The van der Waals surface area contributed by atoms with E-state index in [1.54, 1.807) is 0 Å². The van der Waals surface area contributed by atoms with Crippen LogP contribution in [0.2, 0.25) is 0 Å². The molecule has 0 radical (unpaired) electrons. The van der Waals surface area contributed by atoms with E-state index in [0.29, 0.717) is 13.2 Å². The lowest BCUT2D eigenvalue weighted by molar-refractivity contribution is -0.0479. The third-order valence-electron chi connectivity index (χ3n) is 2.45. The average molecular weight is 271 g/mol. The average Bonchev–Trinajstić information content (AvgIpc) is 2.73. The third kappa shape index (κ3) is 6.50. The number of hydrogen-bond donors (Lipinski definition) is 2. The number of hydrogen-bond acceptors (Lipinski definition) is 4. The number of ether oxygens (including phenoxy) is 1. The van der Waals surface area contributed by atoms with Gasteiger partial charge in [-0.3, -0.25) is 0 Å². The van der Waals surface area contributed by atoms with Crippen LogP contribution >= 0.6 is 11.3 Å². The Kier molecular flexibility index (Phi) is 6.29. The maximum absolute atomic E-state index is 9.76. The molecule has 2 N–H and O–H groups in total. The van der Waals surface area contributed by atoms with Crippen LogP contribution in [0.15, 0.2) is 12.1 Å². The molecule has 1 heterocycles. The molecular formula is C14H25NO2S. The molecule has 1 unspecified atom stereocenters. The molecule has 1 atom stereocenters. The Hall–Kier alpha value is -0.420. The quantitative estimate of drug-likeness (QED) is 0.801. The fourth-order valence-electron chi connectivity index (χ4n) is 1.47. The number of aryl methyl sites for hydroxylation is 1. The summed E-state index contributed by atoms with van der Waals surface area (Å²) in [6.07, 6.45) is 0.641. The topological polar surface area (TPSA) is 41.5 Å². The van der Waals surface area contributed by atoms with E-state index in [-0.39, 0.29) is 5.60 Å². The van der Waals surface area contributed by atoms with Crippen molar-refractivity contribution in [2.75, 3.05) is 13.2 Å². The van der Waals surface area contributed by atoms with Gasteiger partial charge in [-0.2, -0.15) is 0 Å². The molecule has 1 rings (SSSR count). The second kappa shape index (κ2) is 7.24. The van der Waals surface area contributed by atoms with Crippen molar-refractivity contribution >= 4 is 11.3 Å². The minimum atomic E-state index is -0.449. The second-order valence-electron chi connectivity index (χ2n) is 5.43. The summed E-state index contributed by atoms with van der Waals surface area (Å²) in [5, 5.41) is 13.0. The first-order valence-corrected chi connectivity index (χ1v) is 7.32. The Morgan fingerprint density at radius 3 is 2.56 bits per heavy atom. The monoisotopic (exact) mass is 271 g/mol. The molecule has 0 aliphatic heterocycles. The van der Waals surface area contributed by atoms with E-state index in [2.05, 4.69) is 24.4 Å². The van der Waals surface area contributed by atoms with Gasteiger partial charge >= 0.3 is 0 Å². The van der Waals surface area contributed by atoms with Gasteiger partial charge in [-0.1, -0.05) is 6.92 Å². The van der Waals surface area contributed by atoms with Gasteiger partial charge in [0.25, 0.3) is 0 Å². The Morgan fingerprint density at radius 2 is 2.00 bits per heavy atom. The van der Waals surface area contributed by atoms with Gasteiger partial charge in [-0.25, -0.2) is 0 Å². The minimum absolute atomic E-state index is 0.190. The van der Waals surface area contributed by atoms with Crippen LogP contribution in [0.1, 0.15) is 37.4 Å². The summed E-state index contributed by atoms with van der Waals surface area (Å²) < 4.78 is 5.53. The number of aliphatic hydroxyl groups excluding tert-OH is 1. The van der Waals surface area contributed by atoms with E-state index in [1.165, 1.54) is 9.75 Å². The molecule has 0 saturated heterocycles. The van der Waals surface area contributed by atoms with E-state index < -0.39 is 6.10 Å². The number of rotatable bonds is 7. The molecule has 0 saturated carbocycles. The molecule has 4 heteroatoms. The van der Waals surface area contributed by atoms with Gasteiger partial charge in [0.15, 0.2) is 0 Å². The van der Waals surface area contributed by atoms with Gasteiger partial charge in [0.05, 0.1) is 18.3 Å². The molecule has 0 aliphatic carbocycles. The van der Waals surface area contributed by atoms with E-state index >= 15 is 0 Å². The van der Waals surface area contributed by atoms with Crippen LogP contribution in [0.25, 0.3) is 0 Å². The first kappa shape index (κ1) is 15.6. The predicted molar refractivity (Wildman–Crippen MR) is 77.1 cm³/mol. The molecule has 0 aromatic carbocycles. The Morgan fingerprint density at radius 1 is 1.33 bits per heavy atom. The van der Waals surface area contributed by atoms with Crippen LogP contribution in [0, 0.1) is 0 Å². The minimum Gasteiger partial charge on any atom is -0.389 e. The molecule has 1 aromatic rings. The standard InChI is InChI=1S/C14H25NO2S/c1-5-12-6-7-13(18-12)9-15-8-11(16)10-17-14(2,3)4/h6-7,11,15-16H,5,8-10H2,1-4H3. The van der Waals surface area contributed by atoms with E-state index in [1.807, 2.05) is 32.1 Å². The van der Waals surface area contributed by atoms with Gasteiger partial charge < -0.3 is 15.2 Å². The molecule has 0 aliphatic rings. The smallest absolute Gasteiger partial charge is 0.0898 e. The van der Waals surface area contributed by atoms with Crippen molar-refractivity contribution in [3.05, 3.63) is 21.9 Å². The van der Waals surface area contributed by atoms with Crippen LogP contribution in [0.3, 0.4) is 0 Å². The van der Waals surface area contributed by atoms with Crippen molar-refractivity contribution in [2.24, 2.45) is 0 Å². The normalized spacial score (nSPS) is 13.8. The summed E-state index contributed by atoms with van der Waals surface area (Å²) >= 11 is 1.83. The first-order valence-electron chi connectivity index (χ1n) is 6.51. The van der Waals surface area contributed by atoms with Gasteiger partial charge in [0.2, 0.25) is 0 Å². The van der Waals surface area contributed by atoms with Crippen LogP contribution in [-0.4, -0.2) is 30.0 Å². The van der Waals surface area contributed by atoms with E-state index in [9.17, 15) is 5.11 Å². The zero-order valence-corrected chi connectivity index (χ0v) is 12.6. The van der Waals surface area contributed by atoms with E-state index in [4.69, 9.17) is 4.74 Å². The maximum Gasteiger partial charge on any atom is 0.0898 e. The van der Waals surface area contributed by atoms with Crippen molar-refractivity contribution < 1.29 is 9.84 Å². The van der Waals surface area contributed by atoms with Crippen molar-refractivity contribution in [1.82, 2.24) is 5.32 Å². The SMILES string of the molecule is CCc1ccc(CNCC(O)COC(C)(C)C)s1. The lowest BCUT2D eigenvalue weighted by atomic mass is 10.2. The van der Waals surface area contributed by atoms with Crippen LogP contribution in [-0.2, 0) is 17.7 Å². The zero-order valence-electron chi connectivity index (χ0n) is 11.8. The highest BCUT2D eigenvalue weighted by Gasteiger charge is 2.13. The molecule has 0 spiro atoms. The molecular weight excluding hydrogens is 246 g/mol. The summed E-state index contributed by atoms with van der Waals surface area (Å²) in [5.41, 5.74) is -0.190. The summed E-state index contributed by atoms with van der Waals surface area (Å²) in [6, 6.07) is 4.31.